The topological polar surface area (TPSA) is 144 Å². The van der Waals surface area contributed by atoms with Crippen LogP contribution in [0.15, 0.2) is 40.1 Å². The highest BCUT2D eigenvalue weighted by atomic mass is 32.2. The fourth-order valence-corrected chi connectivity index (χ4v) is 6.37. The van der Waals surface area contributed by atoms with E-state index in [1.165, 1.54) is 11.0 Å². The largest absolute Gasteiger partial charge is 0.368 e. The third-order valence-corrected chi connectivity index (χ3v) is 8.70. The number of aromatic nitrogens is 1. The van der Waals surface area contributed by atoms with Gasteiger partial charge in [0.1, 0.15) is 22.0 Å². The van der Waals surface area contributed by atoms with Crippen LogP contribution < -0.4 is 15.8 Å². The molecule has 34 heavy (non-hydrogen) atoms. The molecule has 3 rings (SSSR count). The SMILES string of the molecule is CC(C)C[C@@H](NC(=O)[C@H]1C[C@@H](NS(=O)(=O)c2cccs2)CCN1C(=O)c1cccn1C)C(N)=O. The van der Waals surface area contributed by atoms with Gasteiger partial charge in [-0.1, -0.05) is 19.9 Å². The third kappa shape index (κ3) is 6.05. The third-order valence-electron chi connectivity index (χ3n) is 5.78. The molecule has 0 aliphatic carbocycles. The van der Waals surface area contributed by atoms with E-state index in [-0.39, 0.29) is 29.0 Å². The molecule has 1 aliphatic rings. The summed E-state index contributed by atoms with van der Waals surface area (Å²) in [5.41, 5.74) is 5.90. The Bertz CT molecular complexity index is 1130. The first-order valence-corrected chi connectivity index (χ1v) is 13.4. The van der Waals surface area contributed by atoms with Crippen LogP contribution in [0.25, 0.3) is 0 Å². The van der Waals surface area contributed by atoms with Crippen LogP contribution in [-0.2, 0) is 26.7 Å². The summed E-state index contributed by atoms with van der Waals surface area (Å²) in [6.45, 7) is 3.98. The van der Waals surface area contributed by atoms with Crippen LogP contribution in [0, 0.1) is 5.92 Å². The lowest BCUT2D eigenvalue weighted by Crippen LogP contribution is -2.59. The van der Waals surface area contributed by atoms with E-state index in [0.717, 1.165) is 11.3 Å². The van der Waals surface area contributed by atoms with Crippen molar-refractivity contribution in [1.82, 2.24) is 19.5 Å². The van der Waals surface area contributed by atoms with Gasteiger partial charge in [0.05, 0.1) is 0 Å². The standard InChI is InChI=1S/C22H31N5O5S2/c1-14(2)12-16(20(23)28)24-21(29)18-13-15(25-34(31,32)19-7-5-11-33-19)8-10-27(18)22(30)17-6-4-9-26(17)3/h4-7,9,11,14-16,18,25H,8,10,12-13H2,1-3H3,(H2,23,28)(H,24,29)/t15-,16+,18+/m0/s1. The van der Waals surface area contributed by atoms with E-state index in [2.05, 4.69) is 10.0 Å². The predicted octanol–water partition coefficient (Wildman–Crippen LogP) is 1.05. The number of hydrogen-bond donors (Lipinski definition) is 3. The first kappa shape index (κ1) is 25.9. The van der Waals surface area contributed by atoms with Gasteiger partial charge in [0.2, 0.25) is 21.8 Å². The quantitative estimate of drug-likeness (QED) is 0.463. The monoisotopic (exact) mass is 509 g/mol. The van der Waals surface area contributed by atoms with Gasteiger partial charge in [-0.3, -0.25) is 14.4 Å². The molecule has 2 aromatic heterocycles. The highest BCUT2D eigenvalue weighted by Crippen LogP contribution is 2.24. The summed E-state index contributed by atoms with van der Waals surface area (Å²) in [6.07, 6.45) is 2.50. The Morgan fingerprint density at radius 3 is 2.53 bits per heavy atom. The van der Waals surface area contributed by atoms with Gasteiger partial charge in [-0.2, -0.15) is 0 Å². The number of carbonyl (C=O) groups is 3. The molecule has 12 heteroatoms. The average Bonchev–Trinajstić information content (AvgIpc) is 3.44. The lowest BCUT2D eigenvalue weighted by atomic mass is 9.95. The van der Waals surface area contributed by atoms with Gasteiger partial charge in [0, 0.05) is 25.8 Å². The van der Waals surface area contributed by atoms with Gasteiger partial charge in [-0.05, 0) is 48.8 Å². The highest BCUT2D eigenvalue weighted by Gasteiger charge is 2.39. The van der Waals surface area contributed by atoms with Crippen molar-refractivity contribution in [2.24, 2.45) is 18.7 Å². The molecule has 2 aromatic rings. The van der Waals surface area contributed by atoms with Crippen molar-refractivity contribution >= 4 is 39.1 Å². The molecule has 0 radical (unpaired) electrons. The molecule has 10 nitrogen and oxygen atoms in total. The van der Waals surface area contributed by atoms with Crippen molar-refractivity contribution in [2.75, 3.05) is 6.54 Å². The van der Waals surface area contributed by atoms with Crippen LogP contribution in [0.1, 0.15) is 43.6 Å². The second kappa shape index (κ2) is 10.7. The summed E-state index contributed by atoms with van der Waals surface area (Å²) >= 11 is 1.10. The summed E-state index contributed by atoms with van der Waals surface area (Å²) in [5, 5.41) is 4.36. The van der Waals surface area contributed by atoms with Crippen LogP contribution in [0.5, 0.6) is 0 Å². The highest BCUT2D eigenvalue weighted by molar-refractivity contribution is 7.91. The fraction of sp³-hybridized carbons (Fsp3) is 0.500. The number of nitrogens with zero attached hydrogens (tertiary/aromatic N) is 2. The summed E-state index contributed by atoms with van der Waals surface area (Å²) in [4.78, 5) is 39.9. The molecule has 1 fully saturated rings. The van der Waals surface area contributed by atoms with E-state index in [1.807, 2.05) is 13.8 Å². The number of nitrogens with one attached hydrogen (secondary N) is 2. The molecule has 4 N–H and O–H groups in total. The van der Waals surface area contributed by atoms with Crippen molar-refractivity contribution in [3.8, 4) is 0 Å². The maximum atomic E-state index is 13.3. The molecular formula is C22H31N5O5S2. The normalized spacial score (nSPS) is 19.7. The van der Waals surface area contributed by atoms with Crippen molar-refractivity contribution in [3.63, 3.8) is 0 Å². The Balaban J connectivity index is 1.84. The minimum atomic E-state index is -3.75. The van der Waals surface area contributed by atoms with E-state index in [9.17, 15) is 22.8 Å². The first-order valence-electron chi connectivity index (χ1n) is 11.1. The van der Waals surface area contributed by atoms with Crippen LogP contribution in [0.3, 0.4) is 0 Å². The maximum Gasteiger partial charge on any atom is 0.271 e. The molecule has 3 heterocycles. The lowest BCUT2D eigenvalue weighted by molar-refractivity contribution is -0.131. The smallest absolute Gasteiger partial charge is 0.271 e. The molecule has 1 saturated heterocycles. The number of nitrogens with two attached hydrogens (primary N) is 1. The predicted molar refractivity (Wildman–Crippen MR) is 128 cm³/mol. The summed E-state index contributed by atoms with van der Waals surface area (Å²) < 4.78 is 30.0. The van der Waals surface area contributed by atoms with Gasteiger partial charge in [0.15, 0.2) is 0 Å². The zero-order chi connectivity index (χ0) is 25.0. The lowest BCUT2D eigenvalue weighted by Gasteiger charge is -2.39. The summed E-state index contributed by atoms with van der Waals surface area (Å²) in [5.74, 6) is -1.43. The fourth-order valence-electron chi connectivity index (χ4n) is 4.07. The van der Waals surface area contributed by atoms with Gasteiger partial charge in [-0.15, -0.1) is 11.3 Å². The van der Waals surface area contributed by atoms with Crippen molar-refractivity contribution < 1.29 is 22.8 Å². The van der Waals surface area contributed by atoms with E-state index in [4.69, 9.17) is 5.73 Å². The van der Waals surface area contributed by atoms with Crippen LogP contribution >= 0.6 is 11.3 Å². The number of amides is 3. The second-order valence-electron chi connectivity index (χ2n) is 8.89. The molecular weight excluding hydrogens is 478 g/mol. The number of hydrogen-bond acceptors (Lipinski definition) is 6. The average molecular weight is 510 g/mol. The number of primary amides is 1. The summed E-state index contributed by atoms with van der Waals surface area (Å²) in [6, 6.07) is 4.13. The molecule has 0 bridgehead atoms. The number of thiophene rings is 1. The molecule has 186 valence electrons. The van der Waals surface area contributed by atoms with Crippen LogP contribution in [0.4, 0.5) is 0 Å². The first-order chi connectivity index (χ1) is 16.0. The maximum absolute atomic E-state index is 13.3. The second-order valence-corrected chi connectivity index (χ2v) is 11.8. The number of aryl methyl sites for hydroxylation is 1. The van der Waals surface area contributed by atoms with Crippen LogP contribution in [-0.4, -0.2) is 60.3 Å². The molecule has 1 aliphatic heterocycles. The molecule has 3 amide bonds. The zero-order valence-corrected chi connectivity index (χ0v) is 21.1. The minimum Gasteiger partial charge on any atom is -0.368 e. The minimum absolute atomic E-state index is 0.0692. The molecule has 3 atom stereocenters. The van der Waals surface area contributed by atoms with E-state index in [1.54, 1.807) is 41.4 Å². The van der Waals surface area contributed by atoms with Gasteiger partial charge >= 0.3 is 0 Å². The molecule has 0 aromatic carbocycles. The van der Waals surface area contributed by atoms with Gasteiger partial charge < -0.3 is 20.5 Å². The van der Waals surface area contributed by atoms with E-state index >= 15 is 0 Å². The van der Waals surface area contributed by atoms with Crippen molar-refractivity contribution in [2.45, 2.75) is 55.4 Å². The van der Waals surface area contributed by atoms with Crippen LogP contribution in [0.2, 0.25) is 0 Å². The number of carbonyl (C=O) groups excluding carboxylic acids is 3. The number of sulfonamides is 1. The van der Waals surface area contributed by atoms with E-state index in [0.29, 0.717) is 18.5 Å². The van der Waals surface area contributed by atoms with Crippen molar-refractivity contribution in [3.05, 3.63) is 41.5 Å². The number of piperidine rings is 1. The number of likely N-dealkylation sites (tertiary alicyclic amines) is 1. The number of rotatable bonds is 9. The van der Waals surface area contributed by atoms with Crippen molar-refractivity contribution in [1.29, 1.82) is 0 Å². The molecule has 0 saturated carbocycles. The zero-order valence-electron chi connectivity index (χ0n) is 19.4. The van der Waals surface area contributed by atoms with Gasteiger partial charge in [-0.25, -0.2) is 13.1 Å². The molecule has 0 spiro atoms. The Hall–Kier alpha value is -2.70. The molecule has 0 unspecified atom stereocenters. The van der Waals surface area contributed by atoms with Gasteiger partial charge in [0.25, 0.3) is 5.91 Å². The Morgan fingerprint density at radius 2 is 1.97 bits per heavy atom. The Morgan fingerprint density at radius 1 is 1.24 bits per heavy atom. The Labute approximate surface area is 203 Å². The van der Waals surface area contributed by atoms with E-state index < -0.39 is 40.0 Å². The summed E-state index contributed by atoms with van der Waals surface area (Å²) in [7, 11) is -2.02. The Kier molecular flexibility index (Phi) is 8.16.